The molecular weight excluding hydrogens is 202 g/mol. The highest BCUT2D eigenvalue weighted by molar-refractivity contribution is 5.18. The lowest BCUT2D eigenvalue weighted by Gasteiger charge is -2.25. The summed E-state index contributed by atoms with van der Waals surface area (Å²) in [7, 11) is 0. The van der Waals surface area contributed by atoms with Gasteiger partial charge in [-0.2, -0.15) is 4.98 Å². The zero-order valence-corrected chi connectivity index (χ0v) is 10.2. The van der Waals surface area contributed by atoms with Crippen molar-refractivity contribution in [1.29, 1.82) is 0 Å². The van der Waals surface area contributed by atoms with Crippen LogP contribution in [0.15, 0.2) is 4.52 Å². The third-order valence-electron chi connectivity index (χ3n) is 3.56. The van der Waals surface area contributed by atoms with E-state index < -0.39 is 0 Å². The van der Waals surface area contributed by atoms with Crippen molar-refractivity contribution in [2.45, 2.75) is 51.9 Å². The normalized spacial score (nSPS) is 25.6. The van der Waals surface area contributed by atoms with Crippen LogP contribution in [-0.4, -0.2) is 16.7 Å². The van der Waals surface area contributed by atoms with Crippen LogP contribution in [0.2, 0.25) is 0 Å². The van der Waals surface area contributed by atoms with E-state index in [0.29, 0.717) is 11.9 Å². The maximum Gasteiger partial charge on any atom is 0.321 e. The number of hydrogen-bond acceptors (Lipinski definition) is 4. The van der Waals surface area contributed by atoms with E-state index in [1.54, 1.807) is 0 Å². The molecule has 1 heterocycles. The molecule has 1 aromatic heterocycles. The van der Waals surface area contributed by atoms with Gasteiger partial charge in [0.25, 0.3) is 0 Å². The molecule has 1 N–H and O–H groups in total. The summed E-state index contributed by atoms with van der Waals surface area (Å²) in [5.74, 6) is 2.32. The van der Waals surface area contributed by atoms with Gasteiger partial charge in [0, 0.05) is 12.5 Å². The van der Waals surface area contributed by atoms with E-state index >= 15 is 0 Å². The fourth-order valence-electron chi connectivity index (χ4n) is 2.45. The smallest absolute Gasteiger partial charge is 0.321 e. The Morgan fingerprint density at radius 2 is 2.00 bits per heavy atom. The quantitative estimate of drug-likeness (QED) is 0.851. The number of hydrogen-bond donors (Lipinski definition) is 1. The van der Waals surface area contributed by atoms with Gasteiger partial charge < -0.3 is 9.84 Å². The highest BCUT2D eigenvalue weighted by Gasteiger charge is 2.24. The van der Waals surface area contributed by atoms with Gasteiger partial charge in [0.2, 0.25) is 0 Å². The molecule has 0 unspecified atom stereocenters. The molecule has 0 spiro atoms. The molecule has 0 bridgehead atoms. The second-order valence-electron chi connectivity index (χ2n) is 4.61. The van der Waals surface area contributed by atoms with Crippen molar-refractivity contribution >= 4 is 6.01 Å². The maximum atomic E-state index is 5.14. The van der Waals surface area contributed by atoms with Gasteiger partial charge in [-0.3, -0.25) is 0 Å². The van der Waals surface area contributed by atoms with Crippen LogP contribution in [0.25, 0.3) is 0 Å². The SMILES string of the molecule is CCNc1nc(C2CCC(CC)CC2)no1. The van der Waals surface area contributed by atoms with Gasteiger partial charge >= 0.3 is 6.01 Å². The van der Waals surface area contributed by atoms with Gasteiger partial charge in [-0.05, 0) is 38.5 Å². The van der Waals surface area contributed by atoms with Crippen LogP contribution < -0.4 is 5.32 Å². The summed E-state index contributed by atoms with van der Waals surface area (Å²) in [4.78, 5) is 4.39. The minimum absolute atomic E-state index is 0.513. The lowest BCUT2D eigenvalue weighted by molar-refractivity contribution is 0.305. The van der Waals surface area contributed by atoms with Crippen molar-refractivity contribution < 1.29 is 4.52 Å². The summed E-state index contributed by atoms with van der Waals surface area (Å²) in [6.45, 7) is 5.13. The topological polar surface area (TPSA) is 51.0 Å². The van der Waals surface area contributed by atoms with Crippen LogP contribution in [0.3, 0.4) is 0 Å². The zero-order valence-electron chi connectivity index (χ0n) is 10.2. The van der Waals surface area contributed by atoms with Crippen LogP contribution >= 0.6 is 0 Å². The first-order chi connectivity index (χ1) is 7.83. The van der Waals surface area contributed by atoms with E-state index in [2.05, 4.69) is 22.4 Å². The molecule has 0 atom stereocenters. The molecule has 16 heavy (non-hydrogen) atoms. The summed E-state index contributed by atoms with van der Waals surface area (Å²) >= 11 is 0. The van der Waals surface area contributed by atoms with Gasteiger partial charge in [0.1, 0.15) is 0 Å². The largest absolute Gasteiger partial charge is 0.338 e. The van der Waals surface area contributed by atoms with Crippen molar-refractivity contribution in [1.82, 2.24) is 10.1 Å². The van der Waals surface area contributed by atoms with Crippen LogP contribution in [0, 0.1) is 5.92 Å². The summed E-state index contributed by atoms with van der Waals surface area (Å²) in [5, 5.41) is 7.11. The minimum Gasteiger partial charge on any atom is -0.338 e. The van der Waals surface area contributed by atoms with Crippen molar-refractivity contribution in [2.24, 2.45) is 5.92 Å². The molecule has 0 aliphatic heterocycles. The van der Waals surface area contributed by atoms with Gasteiger partial charge in [0.15, 0.2) is 5.82 Å². The molecule has 2 rings (SSSR count). The highest BCUT2D eigenvalue weighted by atomic mass is 16.5. The number of nitrogens with zero attached hydrogens (tertiary/aromatic N) is 2. The Hall–Kier alpha value is -1.06. The van der Waals surface area contributed by atoms with Crippen LogP contribution in [0.5, 0.6) is 0 Å². The van der Waals surface area contributed by atoms with Gasteiger partial charge in [0.05, 0.1) is 0 Å². The van der Waals surface area contributed by atoms with Gasteiger partial charge in [-0.15, -0.1) is 0 Å². The second kappa shape index (κ2) is 5.32. The molecule has 4 nitrogen and oxygen atoms in total. The molecule has 1 aliphatic rings. The Morgan fingerprint density at radius 3 is 2.62 bits per heavy atom. The third kappa shape index (κ3) is 2.54. The van der Waals surface area contributed by atoms with Crippen molar-refractivity contribution in [3.05, 3.63) is 5.82 Å². The molecule has 0 saturated heterocycles. The van der Waals surface area contributed by atoms with Gasteiger partial charge in [-0.25, -0.2) is 0 Å². The maximum absolute atomic E-state index is 5.14. The number of rotatable bonds is 4. The van der Waals surface area contributed by atoms with E-state index in [-0.39, 0.29) is 0 Å². The Morgan fingerprint density at radius 1 is 1.25 bits per heavy atom. The molecule has 4 heteroatoms. The molecule has 1 aromatic rings. The van der Waals surface area contributed by atoms with Crippen LogP contribution in [0.4, 0.5) is 6.01 Å². The van der Waals surface area contributed by atoms with Gasteiger partial charge in [-0.1, -0.05) is 18.5 Å². The Balaban J connectivity index is 1.92. The highest BCUT2D eigenvalue weighted by Crippen LogP contribution is 2.35. The zero-order chi connectivity index (χ0) is 11.4. The van der Waals surface area contributed by atoms with Crippen molar-refractivity contribution in [2.75, 3.05) is 11.9 Å². The predicted molar refractivity (Wildman–Crippen MR) is 63.5 cm³/mol. The number of anilines is 1. The summed E-state index contributed by atoms with van der Waals surface area (Å²) in [6.07, 6.45) is 6.35. The molecule has 90 valence electrons. The molecule has 0 aromatic carbocycles. The monoisotopic (exact) mass is 223 g/mol. The fourth-order valence-corrected chi connectivity index (χ4v) is 2.45. The lowest BCUT2D eigenvalue weighted by atomic mass is 9.80. The average Bonchev–Trinajstić information content (AvgIpc) is 2.78. The average molecular weight is 223 g/mol. The molecular formula is C12H21N3O. The number of aromatic nitrogens is 2. The summed E-state index contributed by atoms with van der Waals surface area (Å²) < 4.78 is 5.14. The van der Waals surface area contributed by atoms with Crippen molar-refractivity contribution in [3.8, 4) is 0 Å². The van der Waals surface area contributed by atoms with Crippen LogP contribution in [-0.2, 0) is 0 Å². The standard InChI is InChI=1S/C12H21N3O/c1-3-9-5-7-10(8-6-9)11-14-12(13-4-2)16-15-11/h9-10H,3-8H2,1-2H3,(H,13,14,15). The Bertz CT molecular complexity index is 316. The third-order valence-corrected chi connectivity index (χ3v) is 3.56. The minimum atomic E-state index is 0.513. The predicted octanol–water partition coefficient (Wildman–Crippen LogP) is 3.19. The molecule has 1 fully saturated rings. The molecule has 0 radical (unpaired) electrons. The lowest BCUT2D eigenvalue weighted by Crippen LogP contribution is -2.13. The molecule has 1 saturated carbocycles. The first-order valence-electron chi connectivity index (χ1n) is 6.41. The van der Waals surface area contributed by atoms with Crippen molar-refractivity contribution in [3.63, 3.8) is 0 Å². The van der Waals surface area contributed by atoms with Crippen LogP contribution in [0.1, 0.15) is 57.7 Å². The second-order valence-corrected chi connectivity index (χ2v) is 4.61. The fraction of sp³-hybridized carbons (Fsp3) is 0.833. The van der Waals surface area contributed by atoms with E-state index in [1.807, 2.05) is 6.92 Å². The first kappa shape index (κ1) is 11.4. The molecule has 1 aliphatic carbocycles. The van der Waals surface area contributed by atoms with E-state index in [4.69, 9.17) is 4.52 Å². The number of nitrogens with one attached hydrogen (secondary N) is 1. The van der Waals surface area contributed by atoms with E-state index in [9.17, 15) is 0 Å². The van der Waals surface area contributed by atoms with E-state index in [0.717, 1.165) is 18.3 Å². The first-order valence-corrected chi connectivity index (χ1v) is 6.41. The molecule has 0 amide bonds. The van der Waals surface area contributed by atoms with E-state index in [1.165, 1.54) is 32.1 Å². The Kier molecular flexibility index (Phi) is 3.80. The summed E-state index contributed by atoms with van der Waals surface area (Å²) in [6, 6.07) is 0.565. The summed E-state index contributed by atoms with van der Waals surface area (Å²) in [5.41, 5.74) is 0. The Labute approximate surface area is 96.8 Å².